The SMILES string of the molecule is CC(C)CCC[C@@H](C)[C@H]1CCC2C3CC=C4CC(OC(=O)CCC(=O)O)CC[C@]4(C)C3CC[C@@]21C.COCCO. The van der Waals surface area contributed by atoms with Crippen molar-refractivity contribution in [3.8, 4) is 0 Å². The van der Waals surface area contributed by atoms with Crippen LogP contribution in [0.2, 0.25) is 0 Å². The number of fused-ring (bicyclic) bond motifs is 5. The van der Waals surface area contributed by atoms with Crippen molar-refractivity contribution in [1.82, 2.24) is 0 Å². The van der Waals surface area contributed by atoms with Gasteiger partial charge < -0.3 is 19.7 Å². The van der Waals surface area contributed by atoms with Gasteiger partial charge in [0.2, 0.25) is 0 Å². The summed E-state index contributed by atoms with van der Waals surface area (Å²) in [7, 11) is 1.55. The highest BCUT2D eigenvalue weighted by Gasteiger charge is 2.59. The molecule has 8 atom stereocenters. The molecule has 4 aliphatic rings. The molecule has 3 saturated carbocycles. The Kier molecular flexibility index (Phi) is 12.1. The number of carbonyl (C=O) groups excluding carboxylic acids is 1. The first kappa shape index (κ1) is 33.1. The highest BCUT2D eigenvalue weighted by Crippen LogP contribution is 2.67. The summed E-state index contributed by atoms with van der Waals surface area (Å²) in [4.78, 5) is 22.9. The molecule has 0 aromatic rings. The van der Waals surface area contributed by atoms with Crippen LogP contribution < -0.4 is 0 Å². The number of carbonyl (C=O) groups is 2. The Morgan fingerprint density at radius 2 is 1.77 bits per heavy atom. The summed E-state index contributed by atoms with van der Waals surface area (Å²) in [5.41, 5.74) is 2.27. The van der Waals surface area contributed by atoms with Gasteiger partial charge in [-0.25, -0.2) is 0 Å². The van der Waals surface area contributed by atoms with Gasteiger partial charge in [0.25, 0.3) is 0 Å². The number of carboxylic acid groups (broad SMARTS) is 1. The second-order valence-electron chi connectivity index (χ2n) is 14.3. The monoisotopic (exact) mass is 562 g/mol. The second kappa shape index (κ2) is 14.7. The van der Waals surface area contributed by atoms with Gasteiger partial charge in [-0.15, -0.1) is 0 Å². The molecule has 0 heterocycles. The zero-order chi connectivity index (χ0) is 29.5. The van der Waals surface area contributed by atoms with E-state index in [1.807, 2.05) is 0 Å². The first-order chi connectivity index (χ1) is 19.0. The van der Waals surface area contributed by atoms with E-state index in [-0.39, 0.29) is 36.9 Å². The summed E-state index contributed by atoms with van der Waals surface area (Å²) >= 11 is 0. The summed E-state index contributed by atoms with van der Waals surface area (Å²) in [5, 5.41) is 16.8. The molecule has 6 nitrogen and oxygen atoms in total. The highest BCUT2D eigenvalue weighted by molar-refractivity contribution is 5.76. The summed E-state index contributed by atoms with van der Waals surface area (Å²) in [5.74, 6) is 3.68. The minimum atomic E-state index is -0.942. The third kappa shape index (κ3) is 7.70. The van der Waals surface area contributed by atoms with Crippen molar-refractivity contribution in [2.75, 3.05) is 20.3 Å². The van der Waals surface area contributed by atoms with E-state index in [2.05, 4.69) is 45.4 Å². The molecule has 0 aromatic carbocycles. The van der Waals surface area contributed by atoms with E-state index in [4.69, 9.17) is 14.9 Å². The maximum Gasteiger partial charge on any atom is 0.306 e. The Hall–Kier alpha value is -1.40. The first-order valence-corrected chi connectivity index (χ1v) is 16.2. The standard InChI is InChI=1S/C31H50O4.C3H8O2/c1-20(2)7-6-8-21(3)25-11-12-26-24-10-9-22-19-23(35-29(34)14-13-28(32)33)15-17-30(22,4)27(24)16-18-31(25,26)5;1-5-3-2-4/h9,20-21,23-27H,6-8,10-19H2,1-5H3,(H,32,33);4H,2-3H2,1H3/t21-,23?,24?,25-,26?,27?,30+,31-;/m1./s1. The molecule has 230 valence electrons. The molecular formula is C34H58O6. The number of hydrogen-bond acceptors (Lipinski definition) is 5. The number of aliphatic hydroxyl groups is 1. The largest absolute Gasteiger partial charge is 0.481 e. The fraction of sp³-hybridized carbons (Fsp3) is 0.882. The molecule has 3 fully saturated rings. The predicted octanol–water partition coefficient (Wildman–Crippen LogP) is 7.43. The van der Waals surface area contributed by atoms with E-state index in [1.165, 1.54) is 56.9 Å². The third-order valence-electron chi connectivity index (χ3n) is 11.4. The van der Waals surface area contributed by atoms with Gasteiger partial charge >= 0.3 is 11.9 Å². The molecule has 0 saturated heterocycles. The summed E-state index contributed by atoms with van der Waals surface area (Å²) in [6.07, 6.45) is 16.0. The van der Waals surface area contributed by atoms with Gasteiger partial charge in [-0.2, -0.15) is 0 Å². The molecule has 4 unspecified atom stereocenters. The molecule has 0 aliphatic heterocycles. The van der Waals surface area contributed by atoms with Gasteiger partial charge in [0.05, 0.1) is 26.1 Å². The number of ether oxygens (including phenoxy) is 2. The van der Waals surface area contributed by atoms with Crippen LogP contribution in [0.5, 0.6) is 0 Å². The maximum atomic E-state index is 12.1. The van der Waals surface area contributed by atoms with Crippen LogP contribution in [0.15, 0.2) is 11.6 Å². The van der Waals surface area contributed by atoms with Crippen LogP contribution in [0.1, 0.15) is 118 Å². The number of methoxy groups -OCH3 is 1. The minimum absolute atomic E-state index is 0.0236. The van der Waals surface area contributed by atoms with Crippen LogP contribution in [-0.4, -0.2) is 48.6 Å². The molecule has 40 heavy (non-hydrogen) atoms. The average Bonchev–Trinajstić information content (AvgIpc) is 3.25. The molecule has 4 rings (SSSR count). The predicted molar refractivity (Wildman–Crippen MR) is 159 cm³/mol. The number of aliphatic hydroxyl groups excluding tert-OH is 1. The van der Waals surface area contributed by atoms with E-state index in [0.717, 1.165) is 54.8 Å². The Bertz CT molecular complexity index is 864. The van der Waals surface area contributed by atoms with E-state index >= 15 is 0 Å². The third-order valence-corrected chi connectivity index (χ3v) is 11.4. The van der Waals surface area contributed by atoms with Gasteiger partial charge in [-0.3, -0.25) is 9.59 Å². The van der Waals surface area contributed by atoms with Crippen molar-refractivity contribution < 1.29 is 29.3 Å². The van der Waals surface area contributed by atoms with Crippen molar-refractivity contribution in [2.45, 2.75) is 124 Å². The highest BCUT2D eigenvalue weighted by atomic mass is 16.5. The van der Waals surface area contributed by atoms with Crippen molar-refractivity contribution in [1.29, 1.82) is 0 Å². The lowest BCUT2D eigenvalue weighted by Crippen LogP contribution is -2.51. The summed E-state index contributed by atoms with van der Waals surface area (Å²) < 4.78 is 10.1. The lowest BCUT2D eigenvalue weighted by Gasteiger charge is -2.58. The fourth-order valence-corrected chi connectivity index (χ4v) is 9.30. The van der Waals surface area contributed by atoms with Gasteiger partial charge in [0.1, 0.15) is 6.10 Å². The van der Waals surface area contributed by atoms with Gasteiger partial charge in [-0.05, 0) is 91.3 Å². The zero-order valence-electron chi connectivity index (χ0n) is 26.3. The molecule has 0 amide bonds. The van der Waals surface area contributed by atoms with E-state index in [0.29, 0.717) is 12.0 Å². The van der Waals surface area contributed by atoms with Crippen LogP contribution in [0, 0.1) is 46.3 Å². The summed E-state index contributed by atoms with van der Waals surface area (Å²) in [6.45, 7) is 13.0. The molecule has 0 radical (unpaired) electrons. The van der Waals surface area contributed by atoms with Gasteiger partial charge in [-0.1, -0.05) is 65.5 Å². The van der Waals surface area contributed by atoms with Crippen LogP contribution in [-0.2, 0) is 19.1 Å². The number of hydrogen-bond donors (Lipinski definition) is 2. The number of carboxylic acids is 1. The van der Waals surface area contributed by atoms with Crippen molar-refractivity contribution >= 4 is 11.9 Å². The molecule has 0 spiro atoms. The number of aliphatic carboxylic acids is 1. The van der Waals surface area contributed by atoms with Gasteiger partial charge in [0.15, 0.2) is 0 Å². The normalized spacial score (nSPS) is 35.4. The Balaban J connectivity index is 0.000000810. The quantitative estimate of drug-likeness (QED) is 0.201. The minimum Gasteiger partial charge on any atom is -0.481 e. The molecule has 0 bridgehead atoms. The number of allylic oxidation sites excluding steroid dienone is 1. The lowest BCUT2D eigenvalue weighted by atomic mass is 9.47. The fourth-order valence-electron chi connectivity index (χ4n) is 9.30. The topological polar surface area (TPSA) is 93.1 Å². The second-order valence-corrected chi connectivity index (χ2v) is 14.3. The van der Waals surface area contributed by atoms with Gasteiger partial charge in [0, 0.05) is 13.5 Å². The smallest absolute Gasteiger partial charge is 0.306 e. The first-order valence-electron chi connectivity index (χ1n) is 16.2. The van der Waals surface area contributed by atoms with Crippen molar-refractivity contribution in [3.05, 3.63) is 11.6 Å². The zero-order valence-corrected chi connectivity index (χ0v) is 26.3. The maximum absolute atomic E-state index is 12.1. The van der Waals surface area contributed by atoms with Crippen molar-refractivity contribution in [2.24, 2.45) is 46.3 Å². The Labute approximate surface area is 243 Å². The molecule has 0 aromatic heterocycles. The number of rotatable bonds is 11. The van der Waals surface area contributed by atoms with E-state index in [9.17, 15) is 9.59 Å². The Morgan fingerprint density at radius 3 is 2.40 bits per heavy atom. The van der Waals surface area contributed by atoms with Crippen molar-refractivity contribution in [3.63, 3.8) is 0 Å². The molecular weight excluding hydrogens is 504 g/mol. The van der Waals surface area contributed by atoms with Crippen LogP contribution in [0.4, 0.5) is 0 Å². The average molecular weight is 563 g/mol. The molecule has 2 N–H and O–H groups in total. The van der Waals surface area contributed by atoms with Crippen LogP contribution in [0.3, 0.4) is 0 Å². The molecule has 6 heteroatoms. The number of esters is 1. The lowest BCUT2D eigenvalue weighted by molar-refractivity contribution is -0.154. The van der Waals surface area contributed by atoms with E-state index < -0.39 is 5.97 Å². The van der Waals surface area contributed by atoms with Crippen LogP contribution >= 0.6 is 0 Å². The Morgan fingerprint density at radius 1 is 1.02 bits per heavy atom. The molecule has 4 aliphatic carbocycles. The summed E-state index contributed by atoms with van der Waals surface area (Å²) in [6, 6.07) is 0. The van der Waals surface area contributed by atoms with E-state index in [1.54, 1.807) is 7.11 Å². The van der Waals surface area contributed by atoms with Crippen LogP contribution in [0.25, 0.3) is 0 Å².